The predicted molar refractivity (Wildman–Crippen MR) is 197 cm³/mol. The van der Waals surface area contributed by atoms with Gasteiger partial charge >= 0.3 is 95.3 Å². The Morgan fingerprint density at radius 1 is 0.304 bits per heavy atom. The molecule has 0 aliphatic carbocycles. The maximum absolute atomic E-state index is 15.3. The summed E-state index contributed by atoms with van der Waals surface area (Å²) in [6.45, 7) is -1.78. The van der Waals surface area contributed by atoms with E-state index < -0.39 is 176 Å². The number of alkyl halides is 34. The highest BCUT2D eigenvalue weighted by Gasteiger charge is 2.97. The number of halogens is 34. The van der Waals surface area contributed by atoms with Crippen LogP contribution in [0.15, 0.2) is 70.6 Å². The molecule has 0 aromatic heterocycles. The standard InChI is InChI=1S/C41H28F34N2O2/c42-26(43,28(46,47)30(50,51)32(54,55)34(58,59)36(62,63)38(66,67)40(70,71)72)15-7-13-25(23-76-21(17-78-23)19-9-3-1-4-10-19,24-77-22(18-79-24)20-11-5-2-6-12-20)14-8-16-27(44,45)29(48,49)31(52,53)33(56,57)35(60,61)37(64,65)39(68,69)41(73,74)75/h1-6,9-12,21-22H,7-8,13-18H2/t21-,22-/m1/s1. The van der Waals surface area contributed by atoms with Crippen molar-refractivity contribution in [3.8, 4) is 0 Å². The lowest BCUT2D eigenvalue weighted by atomic mass is 9.76. The Morgan fingerprint density at radius 3 is 0.772 bits per heavy atom. The number of hydrogen-bond acceptors (Lipinski definition) is 4. The normalized spacial score (nSPS) is 19.1. The smallest absolute Gasteiger partial charge is 0.460 e. The number of benzene rings is 2. The highest BCUT2D eigenvalue weighted by atomic mass is 19.4. The number of nitrogens with zero attached hydrogens (tertiary/aromatic N) is 2. The van der Waals surface area contributed by atoms with Crippen LogP contribution in [-0.2, 0) is 9.47 Å². The topological polar surface area (TPSA) is 43.2 Å². The lowest BCUT2D eigenvalue weighted by Crippen LogP contribution is -2.74. The van der Waals surface area contributed by atoms with Gasteiger partial charge in [-0.15, -0.1) is 0 Å². The summed E-state index contributed by atoms with van der Waals surface area (Å²) in [6.07, 6.45) is -31.2. The molecule has 0 radical (unpaired) electrons. The predicted octanol–water partition coefficient (Wildman–Crippen LogP) is 16.7. The minimum absolute atomic E-state index is 0.00254. The van der Waals surface area contributed by atoms with Crippen LogP contribution in [-0.4, -0.2) is 120 Å². The van der Waals surface area contributed by atoms with Gasteiger partial charge < -0.3 is 9.47 Å². The first-order chi connectivity index (χ1) is 35.1. The molecule has 2 atom stereocenters. The average Bonchev–Trinajstić information content (AvgIpc) is 4.02. The third-order valence-corrected chi connectivity index (χ3v) is 12.3. The molecular weight excluding hydrogens is 1200 g/mol. The van der Waals surface area contributed by atoms with Crippen LogP contribution in [0.2, 0.25) is 0 Å². The van der Waals surface area contributed by atoms with Crippen molar-refractivity contribution in [1.82, 2.24) is 0 Å². The first-order valence-electron chi connectivity index (χ1n) is 21.0. The Labute approximate surface area is 417 Å². The van der Waals surface area contributed by atoms with Crippen LogP contribution in [0.3, 0.4) is 0 Å². The molecular formula is C41H28F34N2O2. The molecule has 79 heavy (non-hydrogen) atoms. The molecule has 4 rings (SSSR count). The van der Waals surface area contributed by atoms with Crippen LogP contribution >= 0.6 is 0 Å². The van der Waals surface area contributed by atoms with E-state index in [1.165, 1.54) is 60.7 Å². The second kappa shape index (κ2) is 20.2. The molecule has 2 aliphatic rings. The van der Waals surface area contributed by atoms with Gasteiger partial charge in [-0.05, 0) is 36.8 Å². The Morgan fingerprint density at radius 2 is 0.532 bits per heavy atom. The molecule has 0 spiro atoms. The molecule has 0 bridgehead atoms. The zero-order valence-electron chi connectivity index (χ0n) is 37.6. The first kappa shape index (κ1) is 66.5. The molecule has 0 saturated heterocycles. The fourth-order valence-corrected chi connectivity index (χ4v) is 7.54. The van der Waals surface area contributed by atoms with Crippen LogP contribution in [0.4, 0.5) is 149 Å². The van der Waals surface area contributed by atoms with E-state index in [0.717, 1.165) is 0 Å². The zero-order valence-corrected chi connectivity index (χ0v) is 37.6. The zero-order chi connectivity index (χ0) is 61.5. The van der Waals surface area contributed by atoms with Crippen molar-refractivity contribution >= 4 is 11.8 Å². The van der Waals surface area contributed by atoms with Crippen molar-refractivity contribution in [1.29, 1.82) is 0 Å². The largest absolute Gasteiger partial charge is 0.478 e. The second-order valence-corrected chi connectivity index (χ2v) is 17.4. The first-order valence-corrected chi connectivity index (χ1v) is 21.0. The van der Waals surface area contributed by atoms with Gasteiger partial charge in [-0.3, -0.25) is 0 Å². The monoisotopic (exact) mass is 1230 g/mol. The summed E-state index contributed by atoms with van der Waals surface area (Å²) < 4.78 is 489. The molecule has 452 valence electrons. The van der Waals surface area contributed by atoms with Crippen molar-refractivity contribution in [2.24, 2.45) is 15.4 Å². The van der Waals surface area contributed by atoms with E-state index in [1.807, 2.05) is 0 Å². The van der Waals surface area contributed by atoms with E-state index in [4.69, 9.17) is 9.47 Å². The summed E-state index contributed by atoms with van der Waals surface area (Å²) in [5.74, 6) is -122. The molecule has 4 nitrogen and oxygen atoms in total. The van der Waals surface area contributed by atoms with Gasteiger partial charge in [-0.1, -0.05) is 60.7 Å². The van der Waals surface area contributed by atoms with Gasteiger partial charge in [0.1, 0.15) is 30.7 Å². The second-order valence-electron chi connectivity index (χ2n) is 17.4. The molecule has 0 fully saturated rings. The van der Waals surface area contributed by atoms with Crippen LogP contribution in [0.1, 0.15) is 61.7 Å². The number of rotatable bonds is 24. The van der Waals surface area contributed by atoms with Crippen LogP contribution in [0, 0.1) is 5.41 Å². The van der Waals surface area contributed by atoms with Crippen molar-refractivity contribution in [3.05, 3.63) is 71.8 Å². The maximum atomic E-state index is 15.3. The summed E-state index contributed by atoms with van der Waals surface area (Å²) >= 11 is 0. The quantitative estimate of drug-likeness (QED) is 0.0983. The lowest BCUT2D eigenvalue weighted by Gasteiger charge is -2.43. The maximum Gasteiger partial charge on any atom is 0.460 e. The summed E-state index contributed by atoms with van der Waals surface area (Å²) in [4.78, 5) is 7.90. The van der Waals surface area contributed by atoms with Gasteiger partial charge in [0.05, 0.1) is 0 Å². The number of ether oxygens (including phenoxy) is 2. The van der Waals surface area contributed by atoms with E-state index in [9.17, 15) is 132 Å². The Hall–Kier alpha value is -5.00. The van der Waals surface area contributed by atoms with E-state index in [1.54, 1.807) is 0 Å². The van der Waals surface area contributed by atoms with E-state index >= 15 is 17.6 Å². The Bertz CT molecular complexity index is 2330. The van der Waals surface area contributed by atoms with Crippen LogP contribution < -0.4 is 0 Å². The van der Waals surface area contributed by atoms with E-state index in [0.29, 0.717) is 0 Å². The number of aliphatic imine (C=N–C) groups is 2. The van der Waals surface area contributed by atoms with Crippen molar-refractivity contribution in [3.63, 3.8) is 0 Å². The Balaban J connectivity index is 1.86. The van der Waals surface area contributed by atoms with Gasteiger partial charge in [0.25, 0.3) is 0 Å². The summed E-state index contributed by atoms with van der Waals surface area (Å²) in [7, 11) is 0. The fourth-order valence-electron chi connectivity index (χ4n) is 7.54. The summed E-state index contributed by atoms with van der Waals surface area (Å²) in [5.41, 5.74) is -3.28. The van der Waals surface area contributed by atoms with Gasteiger partial charge in [0, 0.05) is 12.8 Å². The fraction of sp³-hybridized carbons (Fsp3) is 0.659. The van der Waals surface area contributed by atoms with Crippen LogP contribution in [0.5, 0.6) is 0 Å². The highest BCUT2D eigenvalue weighted by Crippen LogP contribution is 2.67. The SMILES string of the molecule is FC(F)(F)C(F)(F)C(F)(F)C(F)(F)C(F)(F)C(F)(F)C(F)(F)C(F)(F)CCCC(CCCC(F)(F)C(F)(F)C(F)(F)C(F)(F)C(F)(F)C(F)(F)C(F)(F)C(F)(F)F)(C1=N[C@@H](c2ccccc2)CO1)C1=N[C@@H](c2ccccc2)CO1. The summed E-state index contributed by atoms with van der Waals surface area (Å²) in [6, 6.07) is 9.35. The van der Waals surface area contributed by atoms with E-state index in [-0.39, 0.29) is 11.1 Å². The molecule has 0 amide bonds. The Kier molecular flexibility index (Phi) is 17.0. The van der Waals surface area contributed by atoms with Gasteiger partial charge in [-0.25, -0.2) is 9.98 Å². The minimum Gasteiger partial charge on any atom is -0.478 e. The minimum atomic E-state index is -9.07. The highest BCUT2D eigenvalue weighted by molar-refractivity contribution is 6.06. The van der Waals surface area contributed by atoms with Gasteiger partial charge in [-0.2, -0.15) is 149 Å². The summed E-state index contributed by atoms with van der Waals surface area (Å²) in [5, 5.41) is 0. The lowest BCUT2D eigenvalue weighted by molar-refractivity contribution is -0.461. The molecule has 0 N–H and O–H groups in total. The van der Waals surface area contributed by atoms with Crippen molar-refractivity contribution < 1.29 is 159 Å². The molecule has 38 heteroatoms. The third-order valence-electron chi connectivity index (χ3n) is 12.3. The van der Waals surface area contributed by atoms with Gasteiger partial charge in [0.2, 0.25) is 0 Å². The van der Waals surface area contributed by atoms with E-state index in [2.05, 4.69) is 9.98 Å². The molecule has 2 heterocycles. The van der Waals surface area contributed by atoms with Crippen molar-refractivity contribution in [2.75, 3.05) is 13.2 Å². The van der Waals surface area contributed by atoms with Gasteiger partial charge in [0.15, 0.2) is 11.8 Å². The molecule has 0 saturated carbocycles. The third kappa shape index (κ3) is 10.1. The number of hydrogen-bond donors (Lipinski definition) is 0. The average molecular weight is 1230 g/mol. The van der Waals surface area contributed by atoms with Crippen LogP contribution in [0.25, 0.3) is 0 Å². The molecule has 2 aliphatic heterocycles. The molecule has 2 aromatic carbocycles. The molecule has 2 aromatic rings. The molecule has 0 unspecified atom stereocenters. The van der Waals surface area contributed by atoms with Crippen molar-refractivity contribution in [2.45, 2.75) is 146 Å².